The van der Waals surface area contributed by atoms with Crippen LogP contribution < -0.4 is 14.3 Å². The molecule has 0 bridgehead atoms. The van der Waals surface area contributed by atoms with E-state index in [0.717, 1.165) is 21.5 Å². The molecule has 2 aliphatic rings. The predicted octanol–water partition coefficient (Wildman–Crippen LogP) is 1.42. The third-order valence-electron chi connectivity index (χ3n) is 4.29. The van der Waals surface area contributed by atoms with Crippen LogP contribution in [-0.2, 0) is 20.9 Å². The molecule has 9 heteroatoms. The average Bonchev–Trinajstić information content (AvgIpc) is 3.28. The Morgan fingerprint density at radius 2 is 1.88 bits per heavy atom. The largest absolute Gasteiger partial charge is 0.454 e. The number of likely N-dealkylation sites (tertiary alicyclic amines) is 1. The van der Waals surface area contributed by atoms with Crippen LogP contribution in [0, 0.1) is 0 Å². The van der Waals surface area contributed by atoms with Gasteiger partial charge in [0.05, 0.1) is 10.2 Å². The van der Waals surface area contributed by atoms with E-state index < -0.39 is 5.91 Å². The molecule has 3 heterocycles. The zero-order valence-corrected chi connectivity index (χ0v) is 15.0. The van der Waals surface area contributed by atoms with Gasteiger partial charge in [0.2, 0.25) is 18.6 Å². The van der Waals surface area contributed by atoms with Gasteiger partial charge in [-0.2, -0.15) is 4.99 Å². The van der Waals surface area contributed by atoms with Crippen LogP contribution in [0.5, 0.6) is 11.5 Å². The first-order valence-corrected chi connectivity index (χ1v) is 9.22. The summed E-state index contributed by atoms with van der Waals surface area (Å²) in [5, 5.41) is 0. The molecule has 2 aliphatic heterocycles. The highest BCUT2D eigenvalue weighted by atomic mass is 32.1. The molecule has 1 aromatic heterocycles. The molecular formula is C17H17N3O5S. The summed E-state index contributed by atoms with van der Waals surface area (Å²) in [7, 11) is 0. The monoisotopic (exact) mass is 375 g/mol. The van der Waals surface area contributed by atoms with Crippen LogP contribution >= 0.6 is 11.3 Å². The zero-order chi connectivity index (χ0) is 18.3. The van der Waals surface area contributed by atoms with Crippen LogP contribution in [-0.4, -0.2) is 40.5 Å². The maximum absolute atomic E-state index is 12.3. The number of aromatic nitrogens is 1. The van der Waals surface area contributed by atoms with Crippen LogP contribution in [0.1, 0.15) is 26.2 Å². The maximum atomic E-state index is 12.3. The highest BCUT2D eigenvalue weighted by Gasteiger charge is 2.30. The minimum Gasteiger partial charge on any atom is -0.454 e. The molecule has 3 amide bonds. The topological polar surface area (TPSA) is 90.2 Å². The third-order valence-corrected chi connectivity index (χ3v) is 5.33. The predicted molar refractivity (Wildman–Crippen MR) is 92.8 cm³/mol. The number of aryl methyl sites for hydroxylation is 1. The molecule has 2 aromatic rings. The molecule has 0 atom stereocenters. The Hall–Kier alpha value is -2.68. The maximum Gasteiger partial charge on any atom is 0.268 e. The lowest BCUT2D eigenvalue weighted by Gasteiger charge is -2.10. The zero-order valence-electron chi connectivity index (χ0n) is 14.2. The minimum absolute atomic E-state index is 0.163. The number of nitrogens with zero attached hydrogens (tertiary/aromatic N) is 3. The first-order valence-electron chi connectivity index (χ1n) is 8.40. The van der Waals surface area contributed by atoms with E-state index in [1.54, 1.807) is 0 Å². The molecule has 0 N–H and O–H groups in total. The van der Waals surface area contributed by atoms with Gasteiger partial charge in [0, 0.05) is 31.5 Å². The van der Waals surface area contributed by atoms with E-state index in [1.807, 2.05) is 23.6 Å². The summed E-state index contributed by atoms with van der Waals surface area (Å²) in [5.74, 6) is 0.203. The number of carbonyl (C=O) groups excluding carboxylic acids is 3. The second-order valence-corrected chi connectivity index (χ2v) is 7.10. The van der Waals surface area contributed by atoms with E-state index in [1.165, 1.54) is 11.3 Å². The van der Waals surface area contributed by atoms with E-state index in [4.69, 9.17) is 9.47 Å². The first kappa shape index (κ1) is 16.8. The number of rotatable bonds is 4. The van der Waals surface area contributed by atoms with Crippen molar-refractivity contribution in [3.8, 4) is 11.5 Å². The Morgan fingerprint density at radius 3 is 2.58 bits per heavy atom. The highest BCUT2D eigenvalue weighted by Crippen LogP contribution is 2.37. The van der Waals surface area contributed by atoms with Crippen molar-refractivity contribution in [1.82, 2.24) is 9.47 Å². The lowest BCUT2D eigenvalue weighted by Crippen LogP contribution is -2.34. The van der Waals surface area contributed by atoms with Crippen molar-refractivity contribution >= 4 is 39.3 Å². The summed E-state index contributed by atoms with van der Waals surface area (Å²) < 4.78 is 13.7. The Balaban J connectivity index is 1.71. The fourth-order valence-electron chi connectivity index (χ4n) is 3.06. The standard InChI is InChI=1S/C17H17N3O5S/c1-2-5-19-10-6-11-12(25-9-24-11)7-13(10)26-17(19)18-14(21)8-20-15(22)3-4-16(20)23/h6-7H,2-5,8-9H2,1H3. The molecule has 8 nitrogen and oxygen atoms in total. The minimum atomic E-state index is -0.509. The highest BCUT2D eigenvalue weighted by molar-refractivity contribution is 7.16. The van der Waals surface area contributed by atoms with Gasteiger partial charge in [0.1, 0.15) is 6.54 Å². The van der Waals surface area contributed by atoms with Crippen LogP contribution in [0.15, 0.2) is 17.1 Å². The van der Waals surface area contributed by atoms with Gasteiger partial charge in [-0.1, -0.05) is 18.3 Å². The summed E-state index contributed by atoms with van der Waals surface area (Å²) in [4.78, 5) is 41.4. The molecule has 136 valence electrons. The Kier molecular flexibility index (Phi) is 4.23. The number of fused-ring (bicyclic) bond motifs is 2. The van der Waals surface area contributed by atoms with Crippen molar-refractivity contribution in [2.45, 2.75) is 32.7 Å². The van der Waals surface area contributed by atoms with Crippen molar-refractivity contribution < 1.29 is 23.9 Å². The van der Waals surface area contributed by atoms with Crippen molar-refractivity contribution in [3.05, 3.63) is 16.9 Å². The van der Waals surface area contributed by atoms with Gasteiger partial charge in [-0.3, -0.25) is 19.3 Å². The molecule has 0 unspecified atom stereocenters. The second kappa shape index (κ2) is 6.56. The van der Waals surface area contributed by atoms with Gasteiger partial charge in [0.15, 0.2) is 16.3 Å². The Morgan fingerprint density at radius 1 is 1.19 bits per heavy atom. The second-order valence-electron chi connectivity index (χ2n) is 6.09. The lowest BCUT2D eigenvalue weighted by molar-refractivity contribution is -0.141. The molecule has 1 aromatic carbocycles. The summed E-state index contributed by atoms with van der Waals surface area (Å²) in [6.07, 6.45) is 1.19. The molecular weight excluding hydrogens is 358 g/mol. The van der Waals surface area contributed by atoms with Gasteiger partial charge >= 0.3 is 0 Å². The molecule has 4 rings (SSSR count). The van der Waals surface area contributed by atoms with Crippen molar-refractivity contribution in [1.29, 1.82) is 0 Å². The van der Waals surface area contributed by atoms with Gasteiger partial charge in [0.25, 0.3) is 5.91 Å². The molecule has 0 aliphatic carbocycles. The number of carbonyl (C=O) groups is 3. The van der Waals surface area contributed by atoms with Gasteiger partial charge in [-0.15, -0.1) is 0 Å². The smallest absolute Gasteiger partial charge is 0.268 e. The Labute approximate surface area is 152 Å². The normalized spacial score (nSPS) is 17.0. The molecule has 0 saturated carbocycles. The number of amides is 3. The lowest BCUT2D eigenvalue weighted by atomic mass is 10.3. The number of ether oxygens (including phenoxy) is 2. The Bertz CT molecular complexity index is 974. The van der Waals surface area contributed by atoms with E-state index in [2.05, 4.69) is 4.99 Å². The third kappa shape index (κ3) is 2.88. The van der Waals surface area contributed by atoms with E-state index in [0.29, 0.717) is 22.8 Å². The van der Waals surface area contributed by atoms with Gasteiger partial charge < -0.3 is 14.0 Å². The number of benzene rings is 1. The fraction of sp³-hybridized carbons (Fsp3) is 0.412. The van der Waals surface area contributed by atoms with Crippen molar-refractivity contribution in [2.75, 3.05) is 13.3 Å². The van der Waals surface area contributed by atoms with E-state index in [-0.39, 0.29) is 38.0 Å². The summed E-state index contributed by atoms with van der Waals surface area (Å²) >= 11 is 1.37. The number of thiazole rings is 1. The molecule has 0 radical (unpaired) electrons. The first-order chi connectivity index (χ1) is 12.6. The van der Waals surface area contributed by atoms with Crippen molar-refractivity contribution in [2.24, 2.45) is 4.99 Å². The summed E-state index contributed by atoms with van der Waals surface area (Å²) in [6, 6.07) is 3.77. The summed E-state index contributed by atoms with van der Waals surface area (Å²) in [6.45, 7) is 2.62. The average molecular weight is 375 g/mol. The van der Waals surface area contributed by atoms with E-state index >= 15 is 0 Å². The molecule has 0 spiro atoms. The van der Waals surface area contributed by atoms with E-state index in [9.17, 15) is 14.4 Å². The molecule has 26 heavy (non-hydrogen) atoms. The van der Waals surface area contributed by atoms with Crippen molar-refractivity contribution in [3.63, 3.8) is 0 Å². The van der Waals surface area contributed by atoms with Crippen LogP contribution in [0.2, 0.25) is 0 Å². The fourth-order valence-corrected chi connectivity index (χ4v) is 4.14. The molecule has 1 saturated heterocycles. The SMILES string of the molecule is CCCn1c(=NC(=O)CN2C(=O)CCC2=O)sc2cc3c(cc21)OCO3. The van der Waals surface area contributed by atoms with Crippen LogP contribution in [0.4, 0.5) is 0 Å². The molecule has 1 fully saturated rings. The quantitative estimate of drug-likeness (QED) is 0.754. The number of imide groups is 1. The summed E-state index contributed by atoms with van der Waals surface area (Å²) in [5.41, 5.74) is 0.918. The van der Waals surface area contributed by atoms with Gasteiger partial charge in [-0.25, -0.2) is 0 Å². The number of hydrogen-bond donors (Lipinski definition) is 0. The number of hydrogen-bond acceptors (Lipinski definition) is 6. The van der Waals surface area contributed by atoms with Gasteiger partial charge in [-0.05, 0) is 6.42 Å². The van der Waals surface area contributed by atoms with Crippen LogP contribution in [0.25, 0.3) is 10.2 Å². The van der Waals surface area contributed by atoms with Crippen LogP contribution in [0.3, 0.4) is 0 Å².